The number of rotatable bonds is 21. The number of Topliss-reactive ketones (excluding diaryl/α,β-unsaturated/α-hetero) is 3. The molecule has 0 bridgehead atoms. The number of terminal acetylenes is 1. The molecule has 0 fully saturated rings. The lowest BCUT2D eigenvalue weighted by Gasteiger charge is -2.03. The molecule has 34 nitrogen and oxygen atoms in total. The first-order valence-corrected chi connectivity index (χ1v) is 38.9. The van der Waals surface area contributed by atoms with Crippen molar-refractivity contribution in [2.75, 3.05) is 5.73 Å². The molecule has 5 N–H and O–H groups in total. The van der Waals surface area contributed by atoms with Crippen molar-refractivity contribution in [3.63, 3.8) is 0 Å². The summed E-state index contributed by atoms with van der Waals surface area (Å²) in [7, 11) is -4.67. The third-order valence-corrected chi connectivity index (χ3v) is 17.6. The molecule has 1 aliphatic rings. The predicted molar refractivity (Wildman–Crippen MR) is 471 cm³/mol. The van der Waals surface area contributed by atoms with E-state index in [2.05, 4.69) is 62.4 Å². The van der Waals surface area contributed by atoms with Crippen LogP contribution < -0.4 is 5.73 Å². The molecule has 0 saturated heterocycles. The second-order valence-electron chi connectivity index (χ2n) is 26.3. The molecule has 0 unspecified atom stereocenters. The Morgan fingerprint density at radius 3 is 1.14 bits per heavy atom. The third-order valence-electron chi connectivity index (χ3n) is 17.3. The fourth-order valence-corrected chi connectivity index (χ4v) is 11.4. The third kappa shape index (κ3) is 32.0. The van der Waals surface area contributed by atoms with E-state index in [1.807, 2.05) is 242 Å². The minimum atomic E-state index is -4.67. The number of nitro benzene ring substituents is 3. The van der Waals surface area contributed by atoms with E-state index in [-0.39, 0.29) is 61.2 Å². The minimum Gasteiger partial charge on any atom is -0.411 e. The highest BCUT2D eigenvalue weighted by Crippen LogP contribution is 2.25. The number of nitrogens with two attached hydrogens (primary N) is 1. The van der Waals surface area contributed by atoms with Crippen molar-refractivity contribution in [2.24, 2.45) is 10.3 Å². The summed E-state index contributed by atoms with van der Waals surface area (Å²) in [5.74, 6) is 1.96. The number of alkyl halides is 1. The molecule has 0 radical (unpaired) electrons. The Kier molecular flexibility index (Phi) is 36.5. The van der Waals surface area contributed by atoms with E-state index < -0.39 is 25.2 Å². The zero-order valence-electron chi connectivity index (χ0n) is 65.5. The molecule has 4 aromatic heterocycles. The maximum atomic E-state index is 11.8. The number of hydrogen-bond donors (Lipinski definition) is 4. The molecule has 0 amide bonds. The van der Waals surface area contributed by atoms with Crippen molar-refractivity contribution in [1.29, 1.82) is 0 Å². The van der Waals surface area contributed by atoms with Crippen LogP contribution in [-0.2, 0) is 71.4 Å². The summed E-state index contributed by atoms with van der Waals surface area (Å²) in [5.41, 5.74) is 31.0. The second kappa shape index (κ2) is 48.5. The van der Waals surface area contributed by atoms with Crippen LogP contribution >= 0.6 is 11.6 Å². The van der Waals surface area contributed by atoms with E-state index in [1.54, 1.807) is 56.5 Å². The Balaban J connectivity index is 0.000000183. The monoisotopic (exact) mass is 1720 g/mol. The van der Waals surface area contributed by atoms with Gasteiger partial charge in [0.25, 0.3) is 17.1 Å². The number of azide groups is 1. The summed E-state index contributed by atoms with van der Waals surface area (Å²) < 4.78 is 38.6. The molecule has 16 rings (SSSR count). The number of nitro groups is 3. The van der Waals surface area contributed by atoms with Crippen LogP contribution in [0.15, 0.2) is 326 Å². The quantitative estimate of drug-likeness (QED) is 0.00422. The molecule has 1 aliphatic carbocycles. The number of fused-ring (bicyclic) bond motifs is 1. The van der Waals surface area contributed by atoms with Crippen LogP contribution in [0.2, 0.25) is 0 Å². The summed E-state index contributed by atoms with van der Waals surface area (Å²) in [6.07, 6.45) is 14.0. The van der Waals surface area contributed by atoms with Gasteiger partial charge in [-0.15, -0.1) is 38.4 Å². The fraction of sp³-hybridized carbons (Fsp3) is 0.101. The topological polar surface area (TPSA) is 485 Å². The number of benzene rings is 11. The van der Waals surface area contributed by atoms with Gasteiger partial charge in [0.1, 0.15) is 29.0 Å². The van der Waals surface area contributed by atoms with Gasteiger partial charge in [-0.1, -0.05) is 269 Å². The molecule has 632 valence electrons. The number of non-ortho nitro benzene ring substituents is 3. The SMILES string of the molecule is C.C#Cc1ccccc1.Nc1ccc(Cn2cc(-c3ccccc3)nn2)cc1.O=C(/C=N/O)Cc1ccc(Cn2cc(-c3ccccc3)nn2)cc1.O=C1Cc2ccc(Cn3cc(-c4ccccc4)nn3)cc2C1=O.O=S(=O)(O)O.O=[N+]([O-])c1ccc(CCl)cc1.O=[N+]([O-])c1ccc(Cn2cc(-c3ccccc3)nn2)cc1.[N-]=[N+]=NCc1ccc([N+](=O)[O-])cc1. The average molecular weight is 1720 g/mol. The van der Waals surface area contributed by atoms with Crippen LogP contribution in [-0.4, -0.2) is 121 Å². The Morgan fingerprint density at radius 1 is 0.496 bits per heavy atom. The van der Waals surface area contributed by atoms with Crippen molar-refractivity contribution in [2.45, 2.75) is 58.9 Å². The average Bonchev–Trinajstić information content (AvgIpc) is 1.66. The molecular weight excluding hydrogens is 1640 g/mol. The van der Waals surface area contributed by atoms with Crippen LogP contribution in [0.4, 0.5) is 22.7 Å². The Bertz CT molecular complexity index is 6240. The maximum absolute atomic E-state index is 11.8. The van der Waals surface area contributed by atoms with Gasteiger partial charge in [-0.05, 0) is 80.4 Å². The summed E-state index contributed by atoms with van der Waals surface area (Å²) >= 11 is 5.49. The number of aromatic nitrogens is 12. The molecule has 0 spiro atoms. The number of hydrogen-bond acceptors (Lipinski definition) is 23. The molecule has 15 aromatic rings. The maximum Gasteiger partial charge on any atom is 0.394 e. The van der Waals surface area contributed by atoms with Crippen molar-refractivity contribution < 1.29 is 51.9 Å². The van der Waals surface area contributed by atoms with Crippen LogP contribution in [0.5, 0.6) is 0 Å². The lowest BCUT2D eigenvalue weighted by molar-refractivity contribution is -0.385. The number of halogens is 1. The van der Waals surface area contributed by atoms with E-state index in [1.165, 1.54) is 36.4 Å². The van der Waals surface area contributed by atoms with Gasteiger partial charge in [0.15, 0.2) is 5.78 Å². The molecule has 0 aliphatic heterocycles. The number of oxime groups is 1. The van der Waals surface area contributed by atoms with E-state index >= 15 is 0 Å². The molecule has 11 aromatic carbocycles. The van der Waals surface area contributed by atoms with Gasteiger partial charge in [0.05, 0.1) is 72.3 Å². The van der Waals surface area contributed by atoms with Crippen molar-refractivity contribution in [3.05, 3.63) is 412 Å². The molecule has 125 heavy (non-hydrogen) atoms. The largest absolute Gasteiger partial charge is 0.411 e. The zero-order chi connectivity index (χ0) is 88.6. The summed E-state index contributed by atoms with van der Waals surface area (Å²) in [4.78, 5) is 67.0. The number of nitrogen functional groups attached to an aromatic ring is 1. The van der Waals surface area contributed by atoms with Crippen LogP contribution in [0.25, 0.3) is 55.5 Å². The second-order valence-corrected chi connectivity index (χ2v) is 27.5. The highest BCUT2D eigenvalue weighted by Gasteiger charge is 2.28. The van der Waals surface area contributed by atoms with Crippen LogP contribution in [0.1, 0.15) is 67.9 Å². The van der Waals surface area contributed by atoms with Crippen LogP contribution in [0.3, 0.4) is 0 Å². The molecule has 4 heterocycles. The fourth-order valence-electron chi connectivity index (χ4n) is 11.2. The number of ketones is 3. The lowest BCUT2D eigenvalue weighted by Crippen LogP contribution is -2.06. The summed E-state index contributed by atoms with van der Waals surface area (Å²) in [6.45, 7) is 2.55. The van der Waals surface area contributed by atoms with Crippen LogP contribution in [0, 0.1) is 42.7 Å². The van der Waals surface area contributed by atoms with Gasteiger partial charge in [0.2, 0.25) is 11.6 Å². The molecule has 0 saturated carbocycles. The standard InChI is InChI=1S/C18H16N4O2.C18H13N3O2.C15H12N4O2.C15H14N4.C8H6.C7H6ClNO2.C7H6N4O2.CH4.H2O4S/c23-17(11-19-24)10-14-6-8-15(9-7-14)12-22-13-18(20-21-22)16-4-2-1-3-5-16;22-17-9-14-7-6-12(8-15(14)18(17)23)10-21-11-16(19-20-21)13-4-2-1-3-5-13;20-19(21)14-8-6-12(7-9-14)10-18-11-15(16-17-18)13-4-2-1-3-5-13;16-14-8-6-12(7-9-14)10-19-11-15(17-18-19)13-4-2-1-3-5-13;1-2-8-6-4-3-5-7-8;8-5-6-1-3-7(4-2-6)9(10)11;8-10-9-5-6-1-3-7(4-2-6)11(12)13;;1-5(2,3)4/h1-9,11,13,24H,10,12H2;1-8,11H,9-10H2;1-9,11H,10H2;1-9,11H,10,16H2;1,3-7H;1-4H,5H2;1-4H,5H2;1H4;(H2,1,2,3,4)/b19-11+;;;;;;;;. The Hall–Kier alpha value is -16.5. The summed E-state index contributed by atoms with van der Waals surface area (Å²) in [5, 5.41) is 78.6. The van der Waals surface area contributed by atoms with Crippen molar-refractivity contribution in [1.82, 2.24) is 60.0 Å². The smallest absolute Gasteiger partial charge is 0.394 e. The zero-order valence-corrected chi connectivity index (χ0v) is 67.1. The van der Waals surface area contributed by atoms with Gasteiger partial charge in [0, 0.05) is 99.1 Å². The summed E-state index contributed by atoms with van der Waals surface area (Å²) in [6, 6.07) is 88.6. The molecular formula is C89H79ClN20O14S. The molecule has 0 atom stereocenters. The van der Waals surface area contributed by atoms with E-state index in [0.717, 1.165) is 107 Å². The van der Waals surface area contributed by atoms with E-state index in [9.17, 15) is 44.7 Å². The number of anilines is 1. The van der Waals surface area contributed by atoms with E-state index in [0.29, 0.717) is 37.6 Å². The van der Waals surface area contributed by atoms with Crippen molar-refractivity contribution in [3.8, 4) is 57.4 Å². The minimum absolute atomic E-state index is 0. The van der Waals surface area contributed by atoms with Crippen molar-refractivity contribution >= 4 is 68.3 Å². The number of nitrogens with zero attached hydrogens (tertiary/aromatic N) is 19. The van der Waals surface area contributed by atoms with Gasteiger partial charge in [-0.3, -0.25) is 53.8 Å². The highest BCUT2D eigenvalue weighted by molar-refractivity contribution is 7.79. The van der Waals surface area contributed by atoms with Gasteiger partial charge in [-0.2, -0.15) is 8.42 Å². The Morgan fingerprint density at radius 2 is 0.808 bits per heavy atom. The number of carbonyl (C=O) groups excluding carboxylic acids is 3. The first kappa shape index (κ1) is 94.0. The predicted octanol–water partition coefficient (Wildman–Crippen LogP) is 16.7. The first-order chi connectivity index (χ1) is 59.9. The number of carbonyl (C=O) groups is 3. The van der Waals surface area contributed by atoms with E-state index in [4.69, 9.17) is 52.0 Å². The van der Waals surface area contributed by atoms with Gasteiger partial charge >= 0.3 is 10.4 Å². The lowest BCUT2D eigenvalue weighted by atomic mass is 10.1. The Labute approximate surface area is 720 Å². The van der Waals surface area contributed by atoms with Gasteiger partial charge < -0.3 is 10.9 Å². The highest BCUT2D eigenvalue weighted by atomic mass is 35.5. The first-order valence-electron chi connectivity index (χ1n) is 37.0. The van der Waals surface area contributed by atoms with Gasteiger partial charge in [-0.25, -0.2) is 18.7 Å². The molecule has 36 heteroatoms. The normalized spacial score (nSPS) is 10.7.